The van der Waals surface area contributed by atoms with Crippen LogP contribution >= 0.6 is 20.8 Å². The van der Waals surface area contributed by atoms with Gasteiger partial charge in [-0.3, -0.25) is 0 Å². The van der Waals surface area contributed by atoms with Crippen LogP contribution in [0.25, 0.3) is 17.5 Å². The van der Waals surface area contributed by atoms with Crippen molar-refractivity contribution in [2.75, 3.05) is 24.7 Å². The van der Waals surface area contributed by atoms with E-state index < -0.39 is 17.6 Å². The van der Waals surface area contributed by atoms with Crippen molar-refractivity contribution >= 4 is 44.4 Å². The van der Waals surface area contributed by atoms with E-state index in [0.29, 0.717) is 0 Å². The first-order chi connectivity index (χ1) is 12.2. The number of halogens is 2. The van der Waals surface area contributed by atoms with Crippen molar-refractivity contribution in [1.82, 2.24) is 9.97 Å². The molecule has 2 unspecified atom stereocenters. The van der Waals surface area contributed by atoms with Gasteiger partial charge in [-0.05, 0) is 19.1 Å². The smallest absolute Gasteiger partial charge is 0.358 e. The Morgan fingerprint density at radius 2 is 2.12 bits per heavy atom. The summed E-state index contributed by atoms with van der Waals surface area (Å²) in [5.41, 5.74) is 6.31. The highest BCUT2D eigenvalue weighted by Gasteiger charge is 2.23. The zero-order valence-corrected chi connectivity index (χ0v) is 16.5. The van der Waals surface area contributed by atoms with Crippen molar-refractivity contribution in [3.63, 3.8) is 0 Å². The van der Waals surface area contributed by atoms with Gasteiger partial charge in [-0.15, -0.1) is 0 Å². The molecule has 0 radical (unpaired) electrons. The van der Waals surface area contributed by atoms with E-state index in [-0.39, 0.29) is 39.2 Å². The molecule has 9 heteroatoms. The van der Waals surface area contributed by atoms with Crippen LogP contribution < -0.4 is 10.6 Å². The van der Waals surface area contributed by atoms with Crippen molar-refractivity contribution in [1.29, 1.82) is 0 Å². The highest BCUT2D eigenvalue weighted by atomic mass is 35.5. The van der Waals surface area contributed by atoms with Crippen molar-refractivity contribution in [2.24, 2.45) is 0 Å². The van der Waals surface area contributed by atoms with E-state index >= 15 is 0 Å². The van der Waals surface area contributed by atoms with E-state index in [1.165, 1.54) is 23.1 Å². The minimum atomic E-state index is -0.708. The average Bonchev–Trinajstić information content (AvgIpc) is 2.53. The molecule has 2 rings (SSSR count). The summed E-state index contributed by atoms with van der Waals surface area (Å²) in [6.07, 6.45) is 1.35. The van der Waals surface area contributed by atoms with E-state index in [9.17, 15) is 9.18 Å². The number of nitrogen functional groups attached to an aromatic ring is 1. The molecule has 0 amide bonds. The second-order valence-electron chi connectivity index (χ2n) is 5.66. The molecule has 0 aliphatic heterocycles. The molecule has 0 aliphatic carbocycles. The van der Waals surface area contributed by atoms with Gasteiger partial charge in [0.25, 0.3) is 0 Å². The molecule has 2 atom stereocenters. The molecule has 0 fully saturated rings. The summed E-state index contributed by atoms with van der Waals surface area (Å²) in [6, 6.07) is 2.96. The molecule has 2 N–H and O–H groups in total. The zero-order valence-electron chi connectivity index (χ0n) is 14.6. The summed E-state index contributed by atoms with van der Waals surface area (Å²) in [5, 5.41) is 0.239. The summed E-state index contributed by atoms with van der Waals surface area (Å²) >= 11 is 6.07. The number of anilines is 2. The number of benzene rings is 1. The molecular formula is C17H19ClFN4O2P. The molecule has 1 aromatic heterocycles. The number of carbonyl (C=O) groups excluding carboxylic acids is 1. The van der Waals surface area contributed by atoms with E-state index in [4.69, 9.17) is 22.1 Å². The Hall–Kier alpha value is -2.24. The molecule has 0 aliphatic rings. The van der Waals surface area contributed by atoms with Crippen LogP contribution in [0.15, 0.2) is 18.7 Å². The second-order valence-corrected chi connectivity index (χ2v) is 7.01. The Bertz CT molecular complexity index is 874. The van der Waals surface area contributed by atoms with Crippen LogP contribution in [0.5, 0.6) is 0 Å². The maximum absolute atomic E-state index is 14.9. The molecule has 2 aromatic rings. The van der Waals surface area contributed by atoms with Gasteiger partial charge in [0, 0.05) is 19.7 Å². The fraction of sp³-hybridized carbons (Fsp3) is 0.235. The lowest BCUT2D eigenvalue weighted by molar-refractivity contribution is 0.0473. The molecule has 0 spiro atoms. The summed E-state index contributed by atoms with van der Waals surface area (Å²) in [7, 11) is 5.66. The van der Waals surface area contributed by atoms with Crippen LogP contribution in [-0.4, -0.2) is 35.9 Å². The van der Waals surface area contributed by atoms with Crippen LogP contribution in [0, 0.1) is 5.82 Å². The first kappa shape index (κ1) is 20.1. The third-order valence-corrected chi connectivity index (χ3v) is 3.86. The Balaban J connectivity index is 2.69. The highest BCUT2D eigenvalue weighted by molar-refractivity contribution is 7.17. The van der Waals surface area contributed by atoms with Crippen LogP contribution in [-0.2, 0) is 4.74 Å². The van der Waals surface area contributed by atoms with E-state index in [0.717, 1.165) is 0 Å². The van der Waals surface area contributed by atoms with Crippen LogP contribution in [0.2, 0.25) is 5.02 Å². The topological polar surface area (TPSA) is 81.3 Å². The molecule has 138 valence electrons. The lowest BCUT2D eigenvalue weighted by atomic mass is 10.1. The van der Waals surface area contributed by atoms with Gasteiger partial charge in [-0.25, -0.2) is 19.2 Å². The van der Waals surface area contributed by atoms with E-state index in [2.05, 4.69) is 25.8 Å². The summed E-state index contributed by atoms with van der Waals surface area (Å²) in [6.45, 7) is 5.28. The Kier molecular flexibility index (Phi) is 6.16. The minimum Gasteiger partial charge on any atom is -0.454 e. The maximum atomic E-state index is 14.9. The highest BCUT2D eigenvalue weighted by Crippen LogP contribution is 2.34. The largest absolute Gasteiger partial charge is 0.454 e. The van der Waals surface area contributed by atoms with Gasteiger partial charge in [0.1, 0.15) is 11.7 Å². The predicted octanol–water partition coefficient (Wildman–Crippen LogP) is 3.61. The molecule has 26 heavy (non-hydrogen) atoms. The SMILES string of the molecule is C=Cc1c(N)nc(-c2ccc(Cl)c(N(C)C)c2F)nc1C(=O)OC(C)P. The summed E-state index contributed by atoms with van der Waals surface area (Å²) < 4.78 is 20.1. The molecule has 1 aromatic carbocycles. The van der Waals surface area contributed by atoms with Crippen LogP contribution in [0.3, 0.4) is 0 Å². The summed E-state index contributed by atoms with van der Waals surface area (Å²) in [4.78, 5) is 22.1. The Labute approximate surface area is 158 Å². The fourth-order valence-corrected chi connectivity index (χ4v) is 2.75. The predicted molar refractivity (Wildman–Crippen MR) is 106 cm³/mol. The second kappa shape index (κ2) is 7.98. The molecule has 0 bridgehead atoms. The number of hydrogen-bond acceptors (Lipinski definition) is 6. The standard InChI is InChI=1S/C17H19ClFN4O2P/c1-5-9-13(17(24)25-8(2)26)21-16(22-15(9)20)10-6-7-11(18)14(12(10)19)23(3)4/h5-8H,1,26H2,2-4H3,(H2,20,21,22). The molecular weight excluding hydrogens is 378 g/mol. The van der Waals surface area contributed by atoms with Gasteiger partial charge >= 0.3 is 5.97 Å². The molecule has 0 saturated carbocycles. The lowest BCUT2D eigenvalue weighted by Gasteiger charge is -2.18. The first-order valence-electron chi connectivity index (χ1n) is 7.59. The number of rotatable bonds is 5. The first-order valence-corrected chi connectivity index (χ1v) is 8.64. The van der Waals surface area contributed by atoms with Gasteiger partial charge in [-0.2, -0.15) is 0 Å². The lowest BCUT2D eigenvalue weighted by Crippen LogP contribution is -2.16. The van der Waals surface area contributed by atoms with Gasteiger partial charge in [0.2, 0.25) is 0 Å². The van der Waals surface area contributed by atoms with Gasteiger partial charge in [0.05, 0.1) is 16.3 Å². The number of esters is 1. The minimum absolute atomic E-state index is 0.00545. The molecule has 1 heterocycles. The number of hydrogen-bond donors (Lipinski definition) is 1. The molecule has 0 saturated heterocycles. The van der Waals surface area contributed by atoms with Crippen molar-refractivity contribution in [3.05, 3.63) is 40.8 Å². The third-order valence-electron chi connectivity index (χ3n) is 3.42. The van der Waals surface area contributed by atoms with Gasteiger partial charge in [0.15, 0.2) is 17.3 Å². The number of nitrogens with two attached hydrogens (primary N) is 1. The normalized spacial score (nSPS) is 11.8. The van der Waals surface area contributed by atoms with Gasteiger partial charge < -0.3 is 15.4 Å². The van der Waals surface area contributed by atoms with Crippen molar-refractivity contribution in [2.45, 2.75) is 12.8 Å². The van der Waals surface area contributed by atoms with E-state index in [1.807, 2.05) is 0 Å². The van der Waals surface area contributed by atoms with Crippen LogP contribution in [0.1, 0.15) is 23.0 Å². The number of carbonyl (C=O) groups is 1. The Morgan fingerprint density at radius 1 is 1.46 bits per heavy atom. The fourth-order valence-electron chi connectivity index (χ4n) is 2.31. The van der Waals surface area contributed by atoms with Crippen LogP contribution in [0.4, 0.5) is 15.9 Å². The number of nitrogens with zero attached hydrogens (tertiary/aromatic N) is 3. The average molecular weight is 397 g/mol. The van der Waals surface area contributed by atoms with Crippen molar-refractivity contribution in [3.8, 4) is 11.4 Å². The maximum Gasteiger partial charge on any atom is 0.358 e. The third kappa shape index (κ3) is 3.94. The zero-order chi connectivity index (χ0) is 19.6. The number of ether oxygens (including phenoxy) is 1. The van der Waals surface area contributed by atoms with Crippen molar-refractivity contribution < 1.29 is 13.9 Å². The molecule has 6 nitrogen and oxygen atoms in total. The van der Waals surface area contributed by atoms with E-state index in [1.54, 1.807) is 21.0 Å². The quantitative estimate of drug-likeness (QED) is 0.614. The summed E-state index contributed by atoms with van der Waals surface area (Å²) in [5.74, 6) is -1.82. The Morgan fingerprint density at radius 3 is 2.65 bits per heavy atom. The van der Waals surface area contributed by atoms with Gasteiger partial charge in [-0.1, -0.05) is 33.5 Å². The monoisotopic (exact) mass is 396 g/mol. The number of aromatic nitrogens is 2.